The molecule has 0 amide bonds. The Labute approximate surface area is 337 Å². The number of benzene rings is 4. The van der Waals surface area contributed by atoms with Crippen molar-refractivity contribution in [2.45, 2.75) is 102 Å². The van der Waals surface area contributed by atoms with Gasteiger partial charge in [-0.15, -0.1) is 0 Å². The van der Waals surface area contributed by atoms with Crippen LogP contribution in [0, 0.1) is 6.92 Å². The summed E-state index contributed by atoms with van der Waals surface area (Å²) in [5.74, 6) is -1.40. The standard InChI is InChI=1S/C22H28O6.C21H26O6.C2H6/c1-7-25-21(23)17-18(22(24)26-8-2)20(28-14(5)6)16-12-10-9-11-15(16)19(17)27-13(3)4;1-6-24-18-14-11-10-13(5)12-15(14)19(25-7-2)17(21(23)27-9-4)16(18)20(22)26-8-3;1-2/h9-14H,7-8H2,1-6H3;10-12H,6-9H2,1-5H3;1-2H3. The van der Waals surface area contributed by atoms with Crippen molar-refractivity contribution in [1.82, 2.24) is 0 Å². The summed E-state index contributed by atoms with van der Waals surface area (Å²) in [6, 6.07) is 13.0. The summed E-state index contributed by atoms with van der Waals surface area (Å²) in [4.78, 5) is 51.3. The Morgan fingerprint density at radius 2 is 0.772 bits per heavy atom. The van der Waals surface area contributed by atoms with E-state index in [1.807, 2.05) is 105 Å². The van der Waals surface area contributed by atoms with Crippen molar-refractivity contribution >= 4 is 45.4 Å². The highest BCUT2D eigenvalue weighted by atomic mass is 16.6. The maximum Gasteiger partial charge on any atom is 0.342 e. The fourth-order valence-corrected chi connectivity index (χ4v) is 5.81. The minimum Gasteiger partial charge on any atom is -0.492 e. The summed E-state index contributed by atoms with van der Waals surface area (Å²) in [6.45, 7) is 25.1. The van der Waals surface area contributed by atoms with Crippen molar-refractivity contribution in [3.8, 4) is 23.0 Å². The minimum absolute atomic E-state index is 0.0309. The van der Waals surface area contributed by atoms with Crippen molar-refractivity contribution in [2.24, 2.45) is 0 Å². The molecule has 0 aliphatic heterocycles. The van der Waals surface area contributed by atoms with Crippen LogP contribution in [-0.4, -0.2) is 75.7 Å². The highest BCUT2D eigenvalue weighted by Crippen LogP contribution is 2.44. The van der Waals surface area contributed by atoms with Crippen LogP contribution in [0.3, 0.4) is 0 Å². The summed E-state index contributed by atoms with van der Waals surface area (Å²) in [5.41, 5.74) is 1.13. The largest absolute Gasteiger partial charge is 0.492 e. The molecule has 0 saturated carbocycles. The summed E-state index contributed by atoms with van der Waals surface area (Å²) >= 11 is 0. The Hall–Kier alpha value is -5.52. The van der Waals surface area contributed by atoms with Gasteiger partial charge in [0.25, 0.3) is 0 Å². The lowest BCUT2D eigenvalue weighted by molar-refractivity contribution is 0.0468. The third-order valence-corrected chi connectivity index (χ3v) is 7.69. The molecule has 0 saturated heterocycles. The normalized spacial score (nSPS) is 10.5. The number of esters is 4. The van der Waals surface area contributed by atoms with E-state index in [4.69, 9.17) is 37.9 Å². The minimum atomic E-state index is -0.652. The molecule has 0 N–H and O–H groups in total. The Bertz CT molecular complexity index is 1910. The molecular weight excluding hydrogens is 732 g/mol. The van der Waals surface area contributed by atoms with Crippen LogP contribution < -0.4 is 18.9 Å². The van der Waals surface area contributed by atoms with Crippen molar-refractivity contribution in [3.63, 3.8) is 0 Å². The summed E-state index contributed by atoms with van der Waals surface area (Å²) < 4.78 is 44.5. The molecule has 312 valence electrons. The summed E-state index contributed by atoms with van der Waals surface area (Å²) in [6.07, 6.45) is -0.438. The molecule has 0 heterocycles. The average Bonchev–Trinajstić information content (AvgIpc) is 3.17. The van der Waals surface area contributed by atoms with Crippen LogP contribution in [-0.2, 0) is 18.9 Å². The molecule has 0 atom stereocenters. The molecule has 0 aliphatic rings. The Morgan fingerprint density at radius 3 is 1.09 bits per heavy atom. The first kappa shape index (κ1) is 47.6. The first-order valence-electron chi connectivity index (χ1n) is 19.8. The molecule has 0 radical (unpaired) electrons. The molecule has 4 aromatic carbocycles. The lowest BCUT2D eigenvalue weighted by Crippen LogP contribution is -2.21. The van der Waals surface area contributed by atoms with Gasteiger partial charge in [-0.25, -0.2) is 19.2 Å². The highest BCUT2D eigenvalue weighted by molar-refractivity contribution is 6.16. The molecule has 0 aromatic heterocycles. The van der Waals surface area contributed by atoms with E-state index < -0.39 is 23.9 Å². The van der Waals surface area contributed by atoms with E-state index in [-0.39, 0.29) is 60.9 Å². The molecule has 4 rings (SSSR count). The lowest BCUT2D eigenvalue weighted by Gasteiger charge is -2.23. The second kappa shape index (κ2) is 23.5. The number of rotatable bonds is 16. The number of fused-ring (bicyclic) bond motifs is 2. The number of hydrogen-bond donors (Lipinski definition) is 0. The van der Waals surface area contributed by atoms with Gasteiger partial charge in [0.05, 0.1) is 51.8 Å². The van der Waals surface area contributed by atoms with Gasteiger partial charge >= 0.3 is 23.9 Å². The average molecular weight is 793 g/mol. The van der Waals surface area contributed by atoms with Gasteiger partial charge in [0.1, 0.15) is 45.3 Å². The van der Waals surface area contributed by atoms with E-state index in [0.29, 0.717) is 57.8 Å². The highest BCUT2D eigenvalue weighted by Gasteiger charge is 2.34. The van der Waals surface area contributed by atoms with Crippen LogP contribution in [0.1, 0.15) is 130 Å². The van der Waals surface area contributed by atoms with Crippen LogP contribution in [0.5, 0.6) is 23.0 Å². The molecule has 0 bridgehead atoms. The quantitative estimate of drug-likeness (QED) is 0.0787. The van der Waals surface area contributed by atoms with Crippen molar-refractivity contribution in [3.05, 3.63) is 70.3 Å². The number of aryl methyl sites for hydroxylation is 1. The van der Waals surface area contributed by atoms with Crippen LogP contribution in [0.25, 0.3) is 21.5 Å². The van der Waals surface area contributed by atoms with Crippen LogP contribution in [0.15, 0.2) is 42.5 Å². The molecule has 0 unspecified atom stereocenters. The monoisotopic (exact) mass is 792 g/mol. The van der Waals surface area contributed by atoms with Gasteiger partial charge in [0, 0.05) is 21.5 Å². The molecule has 4 aromatic rings. The number of hydrogen-bond acceptors (Lipinski definition) is 12. The third-order valence-electron chi connectivity index (χ3n) is 7.69. The predicted octanol–water partition coefficient (Wildman–Crippen LogP) is 10.1. The SMILES string of the molecule is CC.CCOC(=O)c1c(C(=O)OCC)c(OC(C)C)c2ccccc2c1OC(C)C.CCOC(=O)c1c(C(=O)OCC)c(OCC)c2cc(C)ccc2c1OCC. The van der Waals surface area contributed by atoms with E-state index in [1.165, 1.54) is 0 Å². The van der Waals surface area contributed by atoms with Gasteiger partial charge in [0.15, 0.2) is 0 Å². The Kier molecular flexibility index (Phi) is 19.7. The van der Waals surface area contributed by atoms with Gasteiger partial charge in [0.2, 0.25) is 0 Å². The van der Waals surface area contributed by atoms with Gasteiger partial charge in [-0.2, -0.15) is 0 Å². The molecular formula is C45H60O12. The van der Waals surface area contributed by atoms with Crippen molar-refractivity contribution < 1.29 is 57.1 Å². The number of ether oxygens (including phenoxy) is 8. The second-order valence-corrected chi connectivity index (χ2v) is 12.5. The number of carbonyl (C=O) groups is 4. The zero-order valence-corrected chi connectivity index (χ0v) is 35.8. The Morgan fingerprint density at radius 1 is 0.456 bits per heavy atom. The van der Waals surface area contributed by atoms with Crippen LogP contribution in [0.2, 0.25) is 0 Å². The molecule has 0 spiro atoms. The molecule has 57 heavy (non-hydrogen) atoms. The maximum absolute atomic E-state index is 12.9. The smallest absolute Gasteiger partial charge is 0.342 e. The zero-order valence-electron chi connectivity index (χ0n) is 35.8. The van der Waals surface area contributed by atoms with E-state index in [2.05, 4.69) is 0 Å². The maximum atomic E-state index is 12.9. The molecule has 12 nitrogen and oxygen atoms in total. The molecule has 0 fully saturated rings. The third kappa shape index (κ3) is 11.8. The van der Waals surface area contributed by atoms with Crippen molar-refractivity contribution in [2.75, 3.05) is 39.6 Å². The zero-order chi connectivity index (χ0) is 42.8. The Balaban J connectivity index is 0.000000377. The van der Waals surface area contributed by atoms with Gasteiger partial charge in [-0.1, -0.05) is 55.8 Å². The van der Waals surface area contributed by atoms with Crippen LogP contribution >= 0.6 is 0 Å². The van der Waals surface area contributed by atoms with E-state index in [1.54, 1.807) is 27.7 Å². The summed E-state index contributed by atoms with van der Waals surface area (Å²) in [7, 11) is 0. The number of carbonyl (C=O) groups excluding carboxylic acids is 4. The fourth-order valence-electron chi connectivity index (χ4n) is 5.81. The van der Waals surface area contributed by atoms with Crippen molar-refractivity contribution in [1.29, 1.82) is 0 Å². The van der Waals surface area contributed by atoms with E-state index in [9.17, 15) is 19.2 Å². The van der Waals surface area contributed by atoms with Crippen LogP contribution in [0.4, 0.5) is 0 Å². The topological polar surface area (TPSA) is 142 Å². The second-order valence-electron chi connectivity index (χ2n) is 12.5. The van der Waals surface area contributed by atoms with Gasteiger partial charge in [-0.3, -0.25) is 0 Å². The molecule has 0 aliphatic carbocycles. The molecule has 12 heteroatoms. The lowest BCUT2D eigenvalue weighted by atomic mass is 9.96. The first-order valence-corrected chi connectivity index (χ1v) is 19.8. The first-order chi connectivity index (χ1) is 27.3. The van der Waals surface area contributed by atoms with Gasteiger partial charge < -0.3 is 37.9 Å². The van der Waals surface area contributed by atoms with E-state index in [0.717, 1.165) is 5.56 Å². The predicted molar refractivity (Wildman–Crippen MR) is 222 cm³/mol. The van der Waals surface area contributed by atoms with Gasteiger partial charge in [-0.05, 0) is 82.2 Å². The summed E-state index contributed by atoms with van der Waals surface area (Å²) in [5, 5.41) is 2.71. The van der Waals surface area contributed by atoms with E-state index >= 15 is 0 Å². The fraction of sp³-hybridized carbons (Fsp3) is 0.467.